The smallest absolute Gasteiger partial charge is 0.264 e. The highest BCUT2D eigenvalue weighted by Crippen LogP contribution is 2.35. The molecule has 0 aliphatic carbocycles. The molecule has 24 heavy (non-hydrogen) atoms. The lowest BCUT2D eigenvalue weighted by Gasteiger charge is -2.30. The lowest BCUT2D eigenvalue weighted by molar-refractivity contribution is -0.123. The summed E-state index contributed by atoms with van der Waals surface area (Å²) in [5, 5.41) is 0.458. The van der Waals surface area contributed by atoms with E-state index in [0.717, 1.165) is 4.70 Å². The number of rotatable bonds is 4. The lowest BCUT2D eigenvalue weighted by Crippen LogP contribution is -2.41. The van der Waals surface area contributed by atoms with Gasteiger partial charge in [0.15, 0.2) is 0 Å². The molecule has 1 aliphatic rings. The number of amides is 2. The van der Waals surface area contributed by atoms with Gasteiger partial charge < -0.3 is 15.4 Å². The van der Waals surface area contributed by atoms with Gasteiger partial charge in [0.05, 0.1) is 11.5 Å². The molecule has 2 heterocycles. The van der Waals surface area contributed by atoms with Crippen LogP contribution in [0.25, 0.3) is 10.1 Å². The molecule has 2 amide bonds. The number of nitrogens with zero attached hydrogens (tertiary/aromatic N) is 1. The Morgan fingerprint density at radius 3 is 2.71 bits per heavy atom. The summed E-state index contributed by atoms with van der Waals surface area (Å²) < 4.78 is 20.1. The highest BCUT2D eigenvalue weighted by Gasteiger charge is 2.29. The van der Waals surface area contributed by atoms with Crippen molar-refractivity contribution in [3.8, 4) is 0 Å². The Morgan fingerprint density at radius 1 is 1.38 bits per heavy atom. The van der Waals surface area contributed by atoms with Gasteiger partial charge in [-0.1, -0.05) is 6.07 Å². The Morgan fingerprint density at radius 2 is 2.08 bits per heavy atom. The molecule has 0 radical (unpaired) electrons. The first-order valence-electron chi connectivity index (χ1n) is 7.80. The van der Waals surface area contributed by atoms with E-state index < -0.39 is 0 Å². The zero-order valence-electron chi connectivity index (χ0n) is 13.4. The Hall–Kier alpha value is -1.99. The minimum atomic E-state index is -0.345. The number of benzene rings is 1. The van der Waals surface area contributed by atoms with Crippen LogP contribution in [0.4, 0.5) is 4.39 Å². The van der Waals surface area contributed by atoms with E-state index >= 15 is 0 Å². The first-order chi connectivity index (χ1) is 11.5. The summed E-state index contributed by atoms with van der Waals surface area (Å²) in [5.74, 6) is -0.966. The number of likely N-dealkylation sites (tertiary alicyclic amines) is 1. The molecule has 3 rings (SSSR count). The van der Waals surface area contributed by atoms with E-state index in [0.29, 0.717) is 41.8 Å². The molecular formula is C17H19FN2O3S. The standard InChI is InChI=1S/C17H19FN2O3S/c1-23-9-11-14-12(18)3-2-4-13(14)24-15(11)17(22)20-7-5-10(6-8-20)16(19)21/h2-4,10H,5-9H2,1H3,(H2,19,21). The minimum Gasteiger partial charge on any atom is -0.380 e. The lowest BCUT2D eigenvalue weighted by atomic mass is 9.96. The largest absolute Gasteiger partial charge is 0.380 e. The summed E-state index contributed by atoms with van der Waals surface area (Å²) in [6.07, 6.45) is 1.14. The zero-order valence-corrected chi connectivity index (χ0v) is 14.2. The van der Waals surface area contributed by atoms with Gasteiger partial charge in [-0.15, -0.1) is 11.3 Å². The third-order valence-electron chi connectivity index (χ3n) is 4.43. The topological polar surface area (TPSA) is 72.6 Å². The number of fused-ring (bicyclic) bond motifs is 1. The molecule has 1 aromatic heterocycles. The number of nitrogens with two attached hydrogens (primary N) is 1. The van der Waals surface area contributed by atoms with Crippen LogP contribution in [0.2, 0.25) is 0 Å². The second kappa shape index (κ2) is 6.86. The summed E-state index contributed by atoms with van der Waals surface area (Å²) in [4.78, 5) is 26.4. The van der Waals surface area contributed by atoms with Crippen LogP contribution < -0.4 is 5.73 Å². The van der Waals surface area contributed by atoms with Gasteiger partial charge in [0, 0.05) is 41.8 Å². The van der Waals surface area contributed by atoms with Crippen molar-refractivity contribution in [2.45, 2.75) is 19.4 Å². The van der Waals surface area contributed by atoms with Crippen LogP contribution in [0.3, 0.4) is 0 Å². The zero-order chi connectivity index (χ0) is 17.3. The van der Waals surface area contributed by atoms with E-state index in [1.807, 2.05) is 0 Å². The fraction of sp³-hybridized carbons (Fsp3) is 0.412. The van der Waals surface area contributed by atoms with E-state index in [-0.39, 0.29) is 30.2 Å². The molecule has 0 bridgehead atoms. The molecule has 0 unspecified atom stereocenters. The molecule has 0 spiro atoms. The van der Waals surface area contributed by atoms with Crippen LogP contribution in [0.1, 0.15) is 28.1 Å². The van der Waals surface area contributed by atoms with Gasteiger partial charge in [0.1, 0.15) is 5.82 Å². The number of thiophene rings is 1. The number of halogens is 1. The van der Waals surface area contributed by atoms with Crippen molar-refractivity contribution in [1.29, 1.82) is 0 Å². The van der Waals surface area contributed by atoms with Crippen molar-refractivity contribution in [2.24, 2.45) is 11.7 Å². The van der Waals surface area contributed by atoms with Crippen molar-refractivity contribution in [2.75, 3.05) is 20.2 Å². The number of carbonyl (C=O) groups excluding carboxylic acids is 2. The van der Waals surface area contributed by atoms with Crippen LogP contribution in [0.5, 0.6) is 0 Å². The van der Waals surface area contributed by atoms with Crippen LogP contribution in [-0.4, -0.2) is 36.9 Å². The first-order valence-corrected chi connectivity index (χ1v) is 8.62. The molecule has 128 valence electrons. The molecule has 5 nitrogen and oxygen atoms in total. The molecular weight excluding hydrogens is 331 g/mol. The van der Waals surface area contributed by atoms with Gasteiger partial charge in [-0.05, 0) is 25.0 Å². The SMILES string of the molecule is COCc1c(C(=O)N2CCC(C(N)=O)CC2)sc2cccc(F)c12. The number of carbonyl (C=O) groups is 2. The van der Waals surface area contributed by atoms with E-state index in [1.165, 1.54) is 24.5 Å². The molecule has 2 aromatic rings. The molecule has 1 aromatic carbocycles. The number of hydrogen-bond acceptors (Lipinski definition) is 4. The van der Waals surface area contributed by atoms with E-state index in [1.54, 1.807) is 17.0 Å². The van der Waals surface area contributed by atoms with Crippen molar-refractivity contribution in [3.05, 3.63) is 34.5 Å². The number of piperidine rings is 1. The van der Waals surface area contributed by atoms with E-state index in [2.05, 4.69) is 0 Å². The van der Waals surface area contributed by atoms with Gasteiger partial charge in [0.25, 0.3) is 5.91 Å². The van der Waals surface area contributed by atoms with Crippen LogP contribution in [0.15, 0.2) is 18.2 Å². The third kappa shape index (κ3) is 3.01. The van der Waals surface area contributed by atoms with Gasteiger partial charge in [0.2, 0.25) is 5.91 Å². The Balaban J connectivity index is 1.91. The normalized spacial score (nSPS) is 15.8. The van der Waals surface area contributed by atoms with Crippen LogP contribution in [0, 0.1) is 11.7 Å². The minimum absolute atomic E-state index is 0.134. The molecule has 0 saturated carbocycles. The van der Waals surface area contributed by atoms with E-state index in [4.69, 9.17) is 10.5 Å². The summed E-state index contributed by atoms with van der Waals surface area (Å²) in [5.41, 5.74) is 5.93. The maximum absolute atomic E-state index is 14.2. The number of ether oxygens (including phenoxy) is 1. The molecule has 1 fully saturated rings. The number of methoxy groups -OCH3 is 1. The predicted molar refractivity (Wildman–Crippen MR) is 90.3 cm³/mol. The second-order valence-electron chi connectivity index (χ2n) is 5.92. The fourth-order valence-electron chi connectivity index (χ4n) is 3.13. The number of hydrogen-bond donors (Lipinski definition) is 1. The second-order valence-corrected chi connectivity index (χ2v) is 6.98. The molecule has 2 N–H and O–H groups in total. The molecule has 1 saturated heterocycles. The van der Waals surface area contributed by atoms with Gasteiger partial charge in [-0.25, -0.2) is 4.39 Å². The first kappa shape index (κ1) is 16.9. The highest BCUT2D eigenvalue weighted by atomic mass is 32.1. The Labute approximate surface area is 143 Å². The summed E-state index contributed by atoms with van der Waals surface area (Å²) in [6, 6.07) is 4.83. The highest BCUT2D eigenvalue weighted by molar-refractivity contribution is 7.21. The third-order valence-corrected chi connectivity index (χ3v) is 5.62. The van der Waals surface area contributed by atoms with Crippen LogP contribution in [-0.2, 0) is 16.1 Å². The molecule has 0 atom stereocenters. The monoisotopic (exact) mass is 350 g/mol. The maximum atomic E-state index is 14.2. The molecule has 1 aliphatic heterocycles. The van der Waals surface area contributed by atoms with Gasteiger partial charge in [-0.2, -0.15) is 0 Å². The predicted octanol–water partition coefficient (Wildman–Crippen LogP) is 2.52. The van der Waals surface area contributed by atoms with Crippen molar-refractivity contribution >= 4 is 33.2 Å². The molecule has 7 heteroatoms. The van der Waals surface area contributed by atoms with Crippen LogP contribution >= 0.6 is 11.3 Å². The Kier molecular flexibility index (Phi) is 4.82. The maximum Gasteiger partial charge on any atom is 0.264 e. The van der Waals surface area contributed by atoms with Gasteiger partial charge >= 0.3 is 0 Å². The van der Waals surface area contributed by atoms with E-state index in [9.17, 15) is 14.0 Å². The van der Waals surface area contributed by atoms with Gasteiger partial charge in [-0.3, -0.25) is 9.59 Å². The fourth-order valence-corrected chi connectivity index (χ4v) is 4.32. The van der Waals surface area contributed by atoms with Crippen molar-refractivity contribution < 1.29 is 18.7 Å². The summed E-state index contributed by atoms with van der Waals surface area (Å²) >= 11 is 1.28. The summed E-state index contributed by atoms with van der Waals surface area (Å²) in [6.45, 7) is 1.14. The summed E-state index contributed by atoms with van der Waals surface area (Å²) in [7, 11) is 1.52. The average Bonchev–Trinajstić information content (AvgIpc) is 2.94. The average molecular weight is 350 g/mol. The quantitative estimate of drug-likeness (QED) is 0.921. The Bertz CT molecular complexity index is 781. The van der Waals surface area contributed by atoms with Crippen molar-refractivity contribution in [3.63, 3.8) is 0 Å². The number of primary amides is 1. The van der Waals surface area contributed by atoms with Crippen molar-refractivity contribution in [1.82, 2.24) is 4.90 Å².